The van der Waals surface area contributed by atoms with Gasteiger partial charge in [-0.15, -0.1) is 0 Å². The van der Waals surface area contributed by atoms with E-state index in [4.69, 9.17) is 11.6 Å². The molecule has 0 spiro atoms. The Hall–Kier alpha value is -2.82. The fourth-order valence-corrected chi connectivity index (χ4v) is 3.86. The maximum atomic E-state index is 14.1. The van der Waals surface area contributed by atoms with Gasteiger partial charge >= 0.3 is 0 Å². The Labute approximate surface area is 183 Å². The summed E-state index contributed by atoms with van der Waals surface area (Å²) >= 11 is 5.74. The van der Waals surface area contributed by atoms with Gasteiger partial charge in [0.2, 0.25) is 16.0 Å². The third kappa shape index (κ3) is 6.09. The van der Waals surface area contributed by atoms with Gasteiger partial charge in [0.25, 0.3) is 0 Å². The molecule has 0 atom stereocenters. The summed E-state index contributed by atoms with van der Waals surface area (Å²) in [6.45, 7) is 2.31. The van der Waals surface area contributed by atoms with Crippen molar-refractivity contribution in [3.05, 3.63) is 65.3 Å². The zero-order valence-corrected chi connectivity index (χ0v) is 18.1. The van der Waals surface area contributed by atoms with E-state index in [1.165, 1.54) is 24.3 Å². The molecular formula is C20H20ClF2N5O2S. The second kappa shape index (κ2) is 9.99. The molecule has 3 aromatic rings. The van der Waals surface area contributed by atoms with Crippen LogP contribution < -0.4 is 15.4 Å². The monoisotopic (exact) mass is 467 g/mol. The van der Waals surface area contributed by atoms with Gasteiger partial charge in [-0.05, 0) is 42.8 Å². The van der Waals surface area contributed by atoms with Crippen molar-refractivity contribution in [1.82, 2.24) is 14.7 Å². The Kier molecular flexibility index (Phi) is 7.37. The minimum atomic E-state index is -3.66. The number of aromatic nitrogens is 2. The minimum absolute atomic E-state index is 0.0330. The Morgan fingerprint density at radius 1 is 1.03 bits per heavy atom. The molecule has 164 valence electrons. The van der Waals surface area contributed by atoms with Crippen LogP contribution >= 0.6 is 11.6 Å². The predicted octanol–water partition coefficient (Wildman–Crippen LogP) is 4.97. The highest BCUT2D eigenvalue weighted by Gasteiger charge is 2.14. The van der Waals surface area contributed by atoms with Crippen LogP contribution in [0.3, 0.4) is 0 Å². The Bertz CT molecular complexity index is 1180. The number of unbranched alkanes of at least 4 members (excludes halogenated alkanes) is 1. The zero-order valence-electron chi connectivity index (χ0n) is 16.5. The van der Waals surface area contributed by atoms with Crippen molar-refractivity contribution in [3.63, 3.8) is 0 Å². The van der Waals surface area contributed by atoms with Gasteiger partial charge in [0.05, 0.1) is 16.1 Å². The van der Waals surface area contributed by atoms with E-state index < -0.39 is 21.7 Å². The van der Waals surface area contributed by atoms with Crippen molar-refractivity contribution < 1.29 is 17.2 Å². The first-order chi connectivity index (χ1) is 14.8. The van der Waals surface area contributed by atoms with E-state index in [0.717, 1.165) is 25.1 Å². The number of anilines is 4. The van der Waals surface area contributed by atoms with Crippen LogP contribution in [0.4, 0.5) is 31.9 Å². The van der Waals surface area contributed by atoms with Gasteiger partial charge in [-0.1, -0.05) is 31.0 Å². The number of rotatable bonds is 9. The summed E-state index contributed by atoms with van der Waals surface area (Å²) in [5.74, 6) is -1.46. The Morgan fingerprint density at radius 2 is 1.81 bits per heavy atom. The SMILES string of the molecule is CCCCNS(=O)(=O)c1cccc(Nc2ncc(F)c(Nc3ccc(F)c(Cl)c3)n2)c1. The number of sulfonamides is 1. The van der Waals surface area contributed by atoms with Crippen molar-refractivity contribution >= 4 is 44.8 Å². The number of hydrogen-bond donors (Lipinski definition) is 3. The van der Waals surface area contributed by atoms with Gasteiger partial charge in [0.1, 0.15) is 5.82 Å². The lowest BCUT2D eigenvalue weighted by Crippen LogP contribution is -2.24. The maximum Gasteiger partial charge on any atom is 0.240 e. The normalized spacial score (nSPS) is 11.4. The molecule has 0 aliphatic carbocycles. The Morgan fingerprint density at radius 3 is 2.55 bits per heavy atom. The number of hydrogen-bond acceptors (Lipinski definition) is 6. The van der Waals surface area contributed by atoms with E-state index >= 15 is 0 Å². The van der Waals surface area contributed by atoms with Crippen molar-refractivity contribution in [3.8, 4) is 0 Å². The van der Waals surface area contributed by atoms with E-state index in [0.29, 0.717) is 17.9 Å². The molecule has 0 bridgehead atoms. The summed E-state index contributed by atoms with van der Waals surface area (Å²) in [5.41, 5.74) is 0.738. The molecule has 0 radical (unpaired) electrons. The highest BCUT2D eigenvalue weighted by Crippen LogP contribution is 2.25. The van der Waals surface area contributed by atoms with Crippen LogP contribution in [0, 0.1) is 11.6 Å². The van der Waals surface area contributed by atoms with Crippen LogP contribution in [0.25, 0.3) is 0 Å². The number of nitrogens with zero attached hydrogens (tertiary/aromatic N) is 2. The first-order valence-electron chi connectivity index (χ1n) is 9.40. The van der Waals surface area contributed by atoms with E-state index in [1.807, 2.05) is 6.92 Å². The first kappa shape index (κ1) is 22.9. The van der Waals surface area contributed by atoms with Gasteiger partial charge in [-0.25, -0.2) is 26.9 Å². The molecule has 0 fully saturated rings. The average molecular weight is 468 g/mol. The third-order valence-electron chi connectivity index (χ3n) is 4.15. The van der Waals surface area contributed by atoms with Gasteiger partial charge in [0, 0.05) is 17.9 Å². The highest BCUT2D eigenvalue weighted by molar-refractivity contribution is 7.89. The molecule has 0 aliphatic heterocycles. The molecule has 1 heterocycles. The van der Waals surface area contributed by atoms with E-state index in [1.54, 1.807) is 12.1 Å². The molecule has 0 amide bonds. The van der Waals surface area contributed by atoms with Crippen LogP contribution in [0.2, 0.25) is 5.02 Å². The highest BCUT2D eigenvalue weighted by atomic mass is 35.5. The lowest BCUT2D eigenvalue weighted by Gasteiger charge is -2.11. The zero-order chi connectivity index (χ0) is 22.4. The average Bonchev–Trinajstić information content (AvgIpc) is 2.73. The second-order valence-electron chi connectivity index (χ2n) is 6.55. The van der Waals surface area contributed by atoms with Crippen LogP contribution in [0.1, 0.15) is 19.8 Å². The van der Waals surface area contributed by atoms with Gasteiger partial charge in [-0.3, -0.25) is 0 Å². The van der Waals surface area contributed by atoms with E-state index in [2.05, 4.69) is 25.3 Å². The summed E-state index contributed by atoms with van der Waals surface area (Å²) in [4.78, 5) is 8.01. The molecule has 31 heavy (non-hydrogen) atoms. The molecule has 1 aromatic heterocycles. The fraction of sp³-hybridized carbons (Fsp3) is 0.200. The maximum absolute atomic E-state index is 14.1. The quantitative estimate of drug-likeness (QED) is 0.384. The van der Waals surface area contributed by atoms with Crippen LogP contribution in [-0.2, 0) is 10.0 Å². The molecule has 0 aliphatic rings. The second-order valence-corrected chi connectivity index (χ2v) is 8.72. The van der Waals surface area contributed by atoms with Crippen LogP contribution in [-0.4, -0.2) is 24.9 Å². The van der Waals surface area contributed by atoms with Crippen molar-refractivity contribution in [2.75, 3.05) is 17.2 Å². The molecular weight excluding hydrogens is 448 g/mol. The summed E-state index contributed by atoms with van der Waals surface area (Å²) in [6.07, 6.45) is 2.55. The number of nitrogens with one attached hydrogen (secondary N) is 3. The first-order valence-corrected chi connectivity index (χ1v) is 11.3. The van der Waals surface area contributed by atoms with Crippen molar-refractivity contribution in [1.29, 1.82) is 0 Å². The summed E-state index contributed by atoms with van der Waals surface area (Å²) in [5, 5.41) is 5.44. The lowest BCUT2D eigenvalue weighted by atomic mass is 10.3. The standard InChI is InChI=1S/C20H20ClF2N5O2S/c1-2-3-9-25-31(29,30)15-6-4-5-13(10-15)27-20-24-12-18(23)19(28-20)26-14-7-8-17(22)16(21)11-14/h4-8,10-12,25H,2-3,9H2,1H3,(H2,24,26,27,28). The van der Waals surface area contributed by atoms with E-state index in [-0.39, 0.29) is 21.7 Å². The fourth-order valence-electron chi connectivity index (χ4n) is 2.56. The summed E-state index contributed by atoms with van der Waals surface area (Å²) < 4.78 is 54.8. The van der Waals surface area contributed by atoms with Gasteiger partial charge in [-0.2, -0.15) is 4.98 Å². The number of benzene rings is 2. The van der Waals surface area contributed by atoms with Crippen LogP contribution in [0.5, 0.6) is 0 Å². The van der Waals surface area contributed by atoms with Gasteiger partial charge in [0.15, 0.2) is 11.6 Å². The minimum Gasteiger partial charge on any atom is -0.338 e. The van der Waals surface area contributed by atoms with Gasteiger partial charge < -0.3 is 10.6 Å². The third-order valence-corrected chi connectivity index (χ3v) is 5.90. The smallest absolute Gasteiger partial charge is 0.240 e. The molecule has 3 N–H and O–H groups in total. The predicted molar refractivity (Wildman–Crippen MR) is 117 cm³/mol. The summed E-state index contributed by atoms with van der Waals surface area (Å²) in [7, 11) is -3.66. The molecule has 11 heteroatoms. The molecule has 2 aromatic carbocycles. The van der Waals surface area contributed by atoms with E-state index in [9.17, 15) is 17.2 Å². The molecule has 0 unspecified atom stereocenters. The van der Waals surface area contributed by atoms with Crippen LogP contribution in [0.15, 0.2) is 53.6 Å². The molecule has 3 rings (SSSR count). The molecule has 0 saturated heterocycles. The summed E-state index contributed by atoms with van der Waals surface area (Å²) in [6, 6.07) is 9.92. The topological polar surface area (TPSA) is 96.0 Å². The largest absolute Gasteiger partial charge is 0.338 e. The van der Waals surface area contributed by atoms with Crippen molar-refractivity contribution in [2.45, 2.75) is 24.7 Å². The number of halogens is 3. The van der Waals surface area contributed by atoms with Crippen molar-refractivity contribution in [2.24, 2.45) is 0 Å². The lowest BCUT2D eigenvalue weighted by molar-refractivity contribution is 0.578. The molecule has 0 saturated carbocycles. The Balaban J connectivity index is 1.79. The molecule has 7 nitrogen and oxygen atoms in total.